The number of nitrogen functional groups attached to an aromatic ring is 1. The third-order valence-electron chi connectivity index (χ3n) is 1.68. The van der Waals surface area contributed by atoms with E-state index in [0.717, 1.165) is 6.07 Å². The van der Waals surface area contributed by atoms with Gasteiger partial charge in [-0.3, -0.25) is 0 Å². The van der Waals surface area contributed by atoms with E-state index in [0.29, 0.717) is 6.07 Å². The highest BCUT2D eigenvalue weighted by Crippen LogP contribution is 2.36. The summed E-state index contributed by atoms with van der Waals surface area (Å²) in [5.41, 5.74) is 4.31. The number of aromatic hydroxyl groups is 1. The van der Waals surface area contributed by atoms with E-state index >= 15 is 0 Å². The Morgan fingerprint density at radius 2 is 1.85 bits per heavy atom. The van der Waals surface area contributed by atoms with E-state index in [-0.39, 0.29) is 11.3 Å². The standard InChI is InChI=1S/C8H8F3NO/c1-4-2-6(12)7(13)3-5(4)8(9,10)11/h2-3,13H,12H2,1H3. The zero-order valence-electron chi connectivity index (χ0n) is 6.81. The van der Waals surface area contributed by atoms with Crippen LogP contribution in [0.25, 0.3) is 0 Å². The van der Waals surface area contributed by atoms with Crippen molar-refractivity contribution in [2.24, 2.45) is 0 Å². The van der Waals surface area contributed by atoms with Gasteiger partial charge in [-0.25, -0.2) is 0 Å². The quantitative estimate of drug-likeness (QED) is 0.488. The van der Waals surface area contributed by atoms with E-state index in [9.17, 15) is 13.2 Å². The molecule has 0 atom stereocenters. The van der Waals surface area contributed by atoms with Crippen LogP contribution in [0.3, 0.4) is 0 Å². The smallest absolute Gasteiger partial charge is 0.416 e. The van der Waals surface area contributed by atoms with Crippen LogP contribution in [-0.4, -0.2) is 5.11 Å². The fourth-order valence-electron chi connectivity index (χ4n) is 1.02. The summed E-state index contributed by atoms with van der Waals surface area (Å²) in [6.07, 6.45) is -4.45. The van der Waals surface area contributed by atoms with Crippen LogP contribution in [0.4, 0.5) is 18.9 Å². The van der Waals surface area contributed by atoms with Crippen LogP contribution >= 0.6 is 0 Å². The third kappa shape index (κ3) is 1.85. The number of phenols is 1. The van der Waals surface area contributed by atoms with Crippen molar-refractivity contribution in [2.75, 3.05) is 5.73 Å². The van der Waals surface area contributed by atoms with Gasteiger partial charge in [0, 0.05) is 0 Å². The van der Waals surface area contributed by atoms with Gasteiger partial charge >= 0.3 is 6.18 Å². The number of halogens is 3. The maximum Gasteiger partial charge on any atom is 0.416 e. The van der Waals surface area contributed by atoms with Crippen molar-refractivity contribution in [1.29, 1.82) is 0 Å². The monoisotopic (exact) mass is 191 g/mol. The minimum Gasteiger partial charge on any atom is -0.506 e. The van der Waals surface area contributed by atoms with Crippen LogP contribution in [0.15, 0.2) is 12.1 Å². The molecule has 72 valence electrons. The number of rotatable bonds is 0. The molecule has 0 bridgehead atoms. The highest BCUT2D eigenvalue weighted by atomic mass is 19.4. The summed E-state index contributed by atoms with van der Waals surface area (Å²) in [5.74, 6) is -0.544. The van der Waals surface area contributed by atoms with E-state index < -0.39 is 17.5 Å². The average Bonchev–Trinajstić information content (AvgIpc) is 1.94. The summed E-state index contributed by atoms with van der Waals surface area (Å²) in [6, 6.07) is 1.73. The largest absolute Gasteiger partial charge is 0.506 e. The molecule has 3 N–H and O–H groups in total. The number of hydrogen-bond donors (Lipinski definition) is 2. The Hall–Kier alpha value is -1.39. The number of phenolic OH excluding ortho intramolecular Hbond substituents is 1. The Morgan fingerprint density at radius 3 is 2.31 bits per heavy atom. The SMILES string of the molecule is Cc1cc(N)c(O)cc1C(F)(F)F. The van der Waals surface area contributed by atoms with Crippen molar-refractivity contribution in [2.45, 2.75) is 13.1 Å². The number of hydrogen-bond acceptors (Lipinski definition) is 2. The van der Waals surface area contributed by atoms with Crippen LogP contribution in [0.2, 0.25) is 0 Å². The molecule has 1 aromatic carbocycles. The summed E-state index contributed by atoms with van der Waals surface area (Å²) in [5, 5.41) is 8.96. The number of nitrogens with two attached hydrogens (primary N) is 1. The van der Waals surface area contributed by atoms with E-state index in [1.807, 2.05) is 0 Å². The predicted octanol–water partition coefficient (Wildman–Crippen LogP) is 2.30. The first-order valence-corrected chi connectivity index (χ1v) is 3.48. The number of anilines is 1. The molecule has 0 saturated heterocycles. The van der Waals surface area contributed by atoms with Gasteiger partial charge in [-0.15, -0.1) is 0 Å². The molecule has 0 aromatic heterocycles. The van der Waals surface area contributed by atoms with Crippen LogP contribution in [0, 0.1) is 6.92 Å². The van der Waals surface area contributed by atoms with Gasteiger partial charge in [0.1, 0.15) is 5.75 Å². The van der Waals surface area contributed by atoms with Gasteiger partial charge in [0.25, 0.3) is 0 Å². The Kier molecular flexibility index (Phi) is 2.11. The minimum atomic E-state index is -4.45. The zero-order chi connectivity index (χ0) is 10.2. The lowest BCUT2D eigenvalue weighted by Gasteiger charge is -2.11. The lowest BCUT2D eigenvalue weighted by Crippen LogP contribution is -2.07. The van der Waals surface area contributed by atoms with Gasteiger partial charge < -0.3 is 10.8 Å². The van der Waals surface area contributed by atoms with Gasteiger partial charge in [-0.1, -0.05) is 0 Å². The molecule has 2 nitrogen and oxygen atoms in total. The molecule has 5 heteroatoms. The van der Waals surface area contributed by atoms with Crippen molar-refractivity contribution in [1.82, 2.24) is 0 Å². The van der Waals surface area contributed by atoms with Gasteiger partial charge in [0.05, 0.1) is 11.3 Å². The minimum absolute atomic E-state index is 0.00259. The highest BCUT2D eigenvalue weighted by molar-refractivity contribution is 5.56. The van der Waals surface area contributed by atoms with Crippen LogP contribution in [-0.2, 0) is 6.18 Å². The Labute approximate surface area is 72.8 Å². The Balaban J connectivity index is 3.32. The van der Waals surface area contributed by atoms with Crippen molar-refractivity contribution >= 4 is 5.69 Å². The summed E-state index contributed by atoms with van der Waals surface area (Å²) < 4.78 is 36.6. The lowest BCUT2D eigenvalue weighted by atomic mass is 10.1. The lowest BCUT2D eigenvalue weighted by molar-refractivity contribution is -0.138. The molecule has 0 fully saturated rings. The van der Waals surface area contributed by atoms with E-state index in [1.54, 1.807) is 0 Å². The molecular formula is C8H8F3NO. The molecule has 1 aromatic rings. The molecule has 0 aliphatic carbocycles. The summed E-state index contributed by atoms with van der Waals surface area (Å²) in [6.45, 7) is 1.29. The van der Waals surface area contributed by atoms with Gasteiger partial charge in [-0.2, -0.15) is 13.2 Å². The molecule has 1 rings (SSSR count). The molecule has 0 aliphatic rings. The van der Waals surface area contributed by atoms with Crippen LogP contribution in [0.1, 0.15) is 11.1 Å². The highest BCUT2D eigenvalue weighted by Gasteiger charge is 2.32. The van der Waals surface area contributed by atoms with E-state index in [4.69, 9.17) is 10.8 Å². The average molecular weight is 191 g/mol. The topological polar surface area (TPSA) is 46.2 Å². The first-order chi connectivity index (χ1) is 5.82. The fraction of sp³-hybridized carbons (Fsp3) is 0.250. The summed E-state index contributed by atoms with van der Waals surface area (Å²) in [4.78, 5) is 0. The van der Waals surface area contributed by atoms with Crippen molar-refractivity contribution in [3.8, 4) is 5.75 Å². The molecular weight excluding hydrogens is 183 g/mol. The molecule has 0 heterocycles. The Morgan fingerprint density at radius 1 is 1.31 bits per heavy atom. The van der Waals surface area contributed by atoms with Gasteiger partial charge in [0.15, 0.2) is 0 Å². The van der Waals surface area contributed by atoms with Gasteiger partial charge in [0.2, 0.25) is 0 Å². The molecule has 13 heavy (non-hydrogen) atoms. The molecule has 0 saturated carbocycles. The fourth-order valence-corrected chi connectivity index (χ4v) is 1.02. The predicted molar refractivity (Wildman–Crippen MR) is 42.3 cm³/mol. The zero-order valence-corrected chi connectivity index (χ0v) is 6.81. The van der Waals surface area contributed by atoms with Crippen molar-refractivity contribution in [3.05, 3.63) is 23.3 Å². The summed E-state index contributed by atoms with van der Waals surface area (Å²) in [7, 11) is 0. The second-order valence-corrected chi connectivity index (χ2v) is 2.72. The van der Waals surface area contributed by atoms with Crippen molar-refractivity contribution < 1.29 is 18.3 Å². The van der Waals surface area contributed by atoms with E-state index in [1.165, 1.54) is 6.92 Å². The van der Waals surface area contributed by atoms with Crippen LogP contribution in [0.5, 0.6) is 5.75 Å². The van der Waals surface area contributed by atoms with Crippen LogP contribution < -0.4 is 5.73 Å². The van der Waals surface area contributed by atoms with E-state index in [2.05, 4.69) is 0 Å². The maximum atomic E-state index is 12.2. The Bertz CT molecular complexity index is 333. The maximum absolute atomic E-state index is 12.2. The molecule has 0 radical (unpaired) electrons. The number of alkyl halides is 3. The second-order valence-electron chi connectivity index (χ2n) is 2.72. The number of benzene rings is 1. The third-order valence-corrected chi connectivity index (χ3v) is 1.68. The molecule has 0 spiro atoms. The molecule has 0 unspecified atom stereocenters. The second kappa shape index (κ2) is 2.83. The molecule has 0 aliphatic heterocycles. The summed E-state index contributed by atoms with van der Waals surface area (Å²) >= 11 is 0. The molecule has 0 amide bonds. The first kappa shape index (κ1) is 9.70. The van der Waals surface area contributed by atoms with Crippen molar-refractivity contribution in [3.63, 3.8) is 0 Å². The van der Waals surface area contributed by atoms with Gasteiger partial charge in [-0.05, 0) is 24.6 Å². The first-order valence-electron chi connectivity index (χ1n) is 3.48. The number of aryl methyl sites for hydroxylation is 1. The normalized spacial score (nSPS) is 11.7.